The van der Waals surface area contributed by atoms with Crippen molar-refractivity contribution >= 4 is 22.6 Å². The SMILES string of the molecule is COc1c(C(C)n2nc(C)c3c(C)ncnc32)cc(Cl)c(F)c1C1CNC1. The number of fused-ring (bicyclic) bond motifs is 1. The van der Waals surface area contributed by atoms with Crippen molar-refractivity contribution in [1.82, 2.24) is 25.1 Å². The fraction of sp³-hybridized carbons (Fsp3) is 0.421. The molecule has 1 atom stereocenters. The maximum atomic E-state index is 14.8. The largest absolute Gasteiger partial charge is 0.496 e. The molecule has 0 bridgehead atoms. The molecule has 1 unspecified atom stereocenters. The molecule has 4 rings (SSSR count). The summed E-state index contributed by atoms with van der Waals surface area (Å²) in [4.78, 5) is 8.68. The second kappa shape index (κ2) is 6.73. The number of hydrogen-bond acceptors (Lipinski definition) is 5. The summed E-state index contributed by atoms with van der Waals surface area (Å²) >= 11 is 6.25. The van der Waals surface area contributed by atoms with E-state index in [-0.39, 0.29) is 17.0 Å². The van der Waals surface area contributed by atoms with E-state index in [2.05, 4.69) is 20.4 Å². The van der Waals surface area contributed by atoms with Crippen LogP contribution in [0, 0.1) is 19.7 Å². The molecule has 3 aromatic rings. The van der Waals surface area contributed by atoms with Crippen molar-refractivity contribution in [3.05, 3.63) is 45.7 Å². The standard InChI is InChI=1S/C19H21ClFN5O/c1-9-15-10(2)25-26(19(15)24-8-23-9)11(3)13-5-14(20)17(21)16(18(13)27-4)12-6-22-7-12/h5,8,11-12,22H,6-7H2,1-4H3. The average Bonchev–Trinajstić information content (AvgIpc) is 2.94. The van der Waals surface area contributed by atoms with Crippen LogP contribution in [0.1, 0.15) is 41.4 Å². The third-order valence-corrected chi connectivity index (χ3v) is 5.57. The van der Waals surface area contributed by atoms with Crippen LogP contribution in [-0.4, -0.2) is 39.9 Å². The summed E-state index contributed by atoms with van der Waals surface area (Å²) in [6.45, 7) is 7.26. The van der Waals surface area contributed by atoms with Crippen LogP contribution >= 0.6 is 11.6 Å². The van der Waals surface area contributed by atoms with Crippen molar-refractivity contribution in [2.75, 3.05) is 20.2 Å². The summed E-state index contributed by atoms with van der Waals surface area (Å²) < 4.78 is 22.3. The van der Waals surface area contributed by atoms with Gasteiger partial charge in [0, 0.05) is 30.1 Å². The van der Waals surface area contributed by atoms with Gasteiger partial charge >= 0.3 is 0 Å². The van der Waals surface area contributed by atoms with Crippen LogP contribution in [0.5, 0.6) is 5.75 Å². The topological polar surface area (TPSA) is 64.9 Å². The third kappa shape index (κ3) is 2.76. The van der Waals surface area contributed by atoms with Gasteiger partial charge in [-0.15, -0.1) is 0 Å². The molecular formula is C19H21ClFN5O. The molecule has 0 aliphatic carbocycles. The van der Waals surface area contributed by atoms with Gasteiger partial charge in [0.25, 0.3) is 0 Å². The molecule has 1 N–H and O–H groups in total. The van der Waals surface area contributed by atoms with Crippen molar-refractivity contribution in [3.63, 3.8) is 0 Å². The molecule has 0 saturated carbocycles. The summed E-state index contributed by atoms with van der Waals surface area (Å²) in [5, 5.41) is 8.87. The van der Waals surface area contributed by atoms with Gasteiger partial charge in [-0.3, -0.25) is 0 Å². The van der Waals surface area contributed by atoms with E-state index in [0.29, 0.717) is 24.4 Å². The molecule has 1 aromatic carbocycles. The molecule has 6 nitrogen and oxygen atoms in total. The Balaban J connectivity index is 1.91. The van der Waals surface area contributed by atoms with Gasteiger partial charge in [0.15, 0.2) is 5.65 Å². The molecule has 0 radical (unpaired) electrons. The lowest BCUT2D eigenvalue weighted by atomic mass is 9.89. The van der Waals surface area contributed by atoms with E-state index in [1.54, 1.807) is 13.2 Å². The van der Waals surface area contributed by atoms with Crippen LogP contribution < -0.4 is 10.1 Å². The fourth-order valence-corrected chi connectivity index (χ4v) is 3.98. The maximum Gasteiger partial charge on any atom is 0.162 e. The zero-order valence-electron chi connectivity index (χ0n) is 15.7. The molecule has 1 aliphatic heterocycles. The van der Waals surface area contributed by atoms with Crippen molar-refractivity contribution < 1.29 is 9.13 Å². The van der Waals surface area contributed by atoms with Gasteiger partial charge in [-0.05, 0) is 26.8 Å². The van der Waals surface area contributed by atoms with E-state index in [1.807, 2.05) is 25.5 Å². The Kier molecular flexibility index (Phi) is 4.52. The molecule has 142 valence electrons. The van der Waals surface area contributed by atoms with Crippen LogP contribution in [-0.2, 0) is 0 Å². The van der Waals surface area contributed by atoms with Gasteiger partial charge in [0.1, 0.15) is 17.9 Å². The van der Waals surface area contributed by atoms with Gasteiger partial charge in [-0.25, -0.2) is 19.0 Å². The van der Waals surface area contributed by atoms with E-state index in [0.717, 1.165) is 28.0 Å². The van der Waals surface area contributed by atoms with E-state index >= 15 is 0 Å². The molecule has 0 spiro atoms. The molecule has 1 aliphatic rings. The van der Waals surface area contributed by atoms with Crippen molar-refractivity contribution in [1.29, 1.82) is 0 Å². The van der Waals surface area contributed by atoms with Crippen LogP contribution in [0.3, 0.4) is 0 Å². The molecule has 27 heavy (non-hydrogen) atoms. The number of nitrogens with zero attached hydrogens (tertiary/aromatic N) is 4. The molecule has 2 aromatic heterocycles. The molecular weight excluding hydrogens is 369 g/mol. The fourth-order valence-electron chi connectivity index (χ4n) is 3.76. The lowest BCUT2D eigenvalue weighted by Gasteiger charge is -2.31. The molecule has 1 saturated heterocycles. The zero-order valence-corrected chi connectivity index (χ0v) is 16.4. The summed E-state index contributed by atoms with van der Waals surface area (Å²) in [6, 6.07) is 1.39. The second-order valence-electron chi connectivity index (χ2n) is 6.93. The molecule has 0 amide bonds. The highest BCUT2D eigenvalue weighted by atomic mass is 35.5. The van der Waals surface area contributed by atoms with Gasteiger partial charge in [0.05, 0.1) is 34.9 Å². The molecule has 8 heteroatoms. The minimum absolute atomic E-state index is 0.0465. The summed E-state index contributed by atoms with van der Waals surface area (Å²) in [6.07, 6.45) is 1.53. The minimum atomic E-state index is -0.407. The van der Waals surface area contributed by atoms with E-state index < -0.39 is 5.82 Å². The predicted octanol–water partition coefficient (Wildman–Crippen LogP) is 3.54. The van der Waals surface area contributed by atoms with Crippen LogP contribution in [0.4, 0.5) is 4.39 Å². The first-order valence-corrected chi connectivity index (χ1v) is 9.24. The number of halogens is 2. The Hall–Kier alpha value is -2.25. The first-order valence-electron chi connectivity index (χ1n) is 8.87. The highest BCUT2D eigenvalue weighted by molar-refractivity contribution is 6.31. The summed E-state index contributed by atoms with van der Waals surface area (Å²) in [7, 11) is 1.56. The van der Waals surface area contributed by atoms with E-state index in [9.17, 15) is 4.39 Å². The Morgan fingerprint density at radius 1 is 1.30 bits per heavy atom. The lowest BCUT2D eigenvalue weighted by Crippen LogP contribution is -2.40. The van der Waals surface area contributed by atoms with Gasteiger partial charge < -0.3 is 10.1 Å². The number of aryl methyl sites for hydroxylation is 2. The highest BCUT2D eigenvalue weighted by Gasteiger charge is 2.31. The Labute approximate surface area is 161 Å². The van der Waals surface area contributed by atoms with Crippen molar-refractivity contribution in [2.24, 2.45) is 0 Å². The molecule has 3 heterocycles. The first-order chi connectivity index (χ1) is 12.9. The zero-order chi connectivity index (χ0) is 19.3. The van der Waals surface area contributed by atoms with Gasteiger partial charge in [-0.1, -0.05) is 11.6 Å². The second-order valence-corrected chi connectivity index (χ2v) is 7.33. The smallest absolute Gasteiger partial charge is 0.162 e. The van der Waals surface area contributed by atoms with E-state index in [1.165, 1.54) is 6.33 Å². The van der Waals surface area contributed by atoms with Gasteiger partial charge in [0.2, 0.25) is 0 Å². The minimum Gasteiger partial charge on any atom is -0.496 e. The Bertz CT molecular complexity index is 1030. The monoisotopic (exact) mass is 389 g/mol. The number of benzene rings is 1. The van der Waals surface area contributed by atoms with Crippen LogP contribution in [0.25, 0.3) is 11.0 Å². The number of hydrogen-bond donors (Lipinski definition) is 1. The number of rotatable bonds is 4. The predicted molar refractivity (Wildman–Crippen MR) is 102 cm³/mol. The van der Waals surface area contributed by atoms with Crippen molar-refractivity contribution in [2.45, 2.75) is 32.7 Å². The van der Waals surface area contributed by atoms with Crippen LogP contribution in [0.15, 0.2) is 12.4 Å². The third-order valence-electron chi connectivity index (χ3n) is 5.30. The summed E-state index contributed by atoms with van der Waals surface area (Å²) in [5.41, 5.74) is 3.78. The number of aromatic nitrogens is 4. The lowest BCUT2D eigenvalue weighted by molar-refractivity contribution is 0.365. The Morgan fingerprint density at radius 3 is 2.67 bits per heavy atom. The Morgan fingerprint density at radius 2 is 2.04 bits per heavy atom. The average molecular weight is 390 g/mol. The van der Waals surface area contributed by atoms with E-state index in [4.69, 9.17) is 16.3 Å². The summed E-state index contributed by atoms with van der Waals surface area (Å²) in [5.74, 6) is 0.170. The highest BCUT2D eigenvalue weighted by Crippen LogP contribution is 2.41. The first kappa shape index (κ1) is 18.1. The number of ether oxygens (including phenoxy) is 1. The van der Waals surface area contributed by atoms with Crippen molar-refractivity contribution in [3.8, 4) is 5.75 Å². The number of methoxy groups -OCH3 is 1. The van der Waals surface area contributed by atoms with Crippen LogP contribution in [0.2, 0.25) is 5.02 Å². The normalized spacial score (nSPS) is 15.8. The quantitative estimate of drug-likeness (QED) is 0.739. The number of nitrogens with one attached hydrogen (secondary N) is 1. The maximum absolute atomic E-state index is 14.8. The molecule has 1 fully saturated rings. The van der Waals surface area contributed by atoms with Gasteiger partial charge in [-0.2, -0.15) is 5.10 Å².